The van der Waals surface area contributed by atoms with Crippen LogP contribution in [0.1, 0.15) is 0 Å². The van der Waals surface area contributed by atoms with Gasteiger partial charge in [-0.1, -0.05) is 41.6 Å². The summed E-state index contributed by atoms with van der Waals surface area (Å²) in [5, 5.41) is 8.38. The Labute approximate surface area is 148 Å². The zero-order chi connectivity index (χ0) is 17.8. The lowest BCUT2D eigenvalue weighted by molar-refractivity contribution is 0.221. The molecular formula is C19H14N4O3. The fraction of sp³-hybridized carbons (Fsp3) is 0. The minimum Gasteiger partial charge on any atom is -0.363 e. The molecular weight excluding hydrogens is 332 g/mol. The first-order chi connectivity index (χ1) is 12.8. The lowest BCUT2D eigenvalue weighted by Crippen LogP contribution is -2.38. The lowest BCUT2D eigenvalue weighted by Gasteiger charge is -2.21. The molecule has 7 nitrogen and oxygen atoms in total. The molecule has 4 aromatic rings. The van der Waals surface area contributed by atoms with Crippen LogP contribution in [0.15, 0.2) is 83.6 Å². The van der Waals surface area contributed by atoms with Gasteiger partial charge in [-0.05, 0) is 24.3 Å². The summed E-state index contributed by atoms with van der Waals surface area (Å²) < 4.78 is 4.73. The lowest BCUT2D eigenvalue weighted by atomic mass is 10.2. The van der Waals surface area contributed by atoms with Crippen LogP contribution in [0.5, 0.6) is 5.88 Å². The number of nitrogens with zero attached hydrogens (tertiary/aromatic N) is 3. The summed E-state index contributed by atoms with van der Waals surface area (Å²) in [5.74, 6) is 0.578. The average Bonchev–Trinajstić information content (AvgIpc) is 3.19. The molecule has 2 heterocycles. The number of hydrogen-bond donors (Lipinski definition) is 1. The van der Waals surface area contributed by atoms with Crippen LogP contribution < -0.4 is 15.2 Å². The molecule has 0 bridgehead atoms. The molecule has 0 aliphatic heterocycles. The summed E-state index contributed by atoms with van der Waals surface area (Å²) >= 11 is 0. The predicted molar refractivity (Wildman–Crippen MR) is 96.8 cm³/mol. The van der Waals surface area contributed by atoms with Crippen molar-refractivity contribution in [3.8, 4) is 5.88 Å². The molecule has 2 aromatic heterocycles. The van der Waals surface area contributed by atoms with Gasteiger partial charge in [-0.3, -0.25) is 5.32 Å². The highest BCUT2D eigenvalue weighted by molar-refractivity contribution is 5.99. The number of anilines is 2. The molecule has 0 aliphatic rings. The second-order valence-corrected chi connectivity index (χ2v) is 5.38. The largest absolute Gasteiger partial charge is 0.363 e. The van der Waals surface area contributed by atoms with E-state index in [0.717, 1.165) is 16.0 Å². The molecule has 2 aromatic carbocycles. The summed E-state index contributed by atoms with van der Waals surface area (Å²) in [5.41, 5.74) is 1.32. The van der Waals surface area contributed by atoms with E-state index in [2.05, 4.69) is 15.5 Å². The Bertz CT molecular complexity index is 1020. The zero-order valence-corrected chi connectivity index (χ0v) is 13.6. The molecule has 0 atom stereocenters. The Morgan fingerprint density at radius 1 is 0.962 bits per heavy atom. The van der Waals surface area contributed by atoms with E-state index in [1.807, 2.05) is 48.5 Å². The van der Waals surface area contributed by atoms with Gasteiger partial charge in [-0.2, -0.15) is 0 Å². The Morgan fingerprint density at radius 3 is 2.58 bits per heavy atom. The quantitative estimate of drug-likeness (QED) is 0.559. The highest BCUT2D eigenvalue weighted by atomic mass is 16.7. The van der Waals surface area contributed by atoms with E-state index in [1.54, 1.807) is 18.2 Å². The van der Waals surface area contributed by atoms with Gasteiger partial charge in [0.1, 0.15) is 6.26 Å². The van der Waals surface area contributed by atoms with E-state index in [-0.39, 0.29) is 5.82 Å². The highest BCUT2D eigenvalue weighted by Gasteiger charge is 2.20. The monoisotopic (exact) mass is 346 g/mol. The summed E-state index contributed by atoms with van der Waals surface area (Å²) in [6.07, 6.45) is 1.37. The van der Waals surface area contributed by atoms with Gasteiger partial charge in [0.15, 0.2) is 5.82 Å². The second kappa shape index (κ2) is 6.94. The summed E-state index contributed by atoms with van der Waals surface area (Å²) in [4.78, 5) is 22.9. The summed E-state index contributed by atoms with van der Waals surface area (Å²) in [6.45, 7) is 0. The van der Waals surface area contributed by atoms with E-state index >= 15 is 0 Å². The Hall–Kier alpha value is -3.87. The fourth-order valence-electron chi connectivity index (χ4n) is 2.40. The number of benzene rings is 2. The van der Waals surface area contributed by atoms with Crippen LogP contribution in [0.2, 0.25) is 0 Å². The van der Waals surface area contributed by atoms with Crippen molar-refractivity contribution in [2.45, 2.75) is 0 Å². The van der Waals surface area contributed by atoms with Crippen molar-refractivity contribution in [2.24, 2.45) is 0 Å². The molecule has 0 aliphatic carbocycles. The number of hydroxylamine groups is 1. The van der Waals surface area contributed by atoms with E-state index in [0.29, 0.717) is 11.6 Å². The average molecular weight is 346 g/mol. The van der Waals surface area contributed by atoms with E-state index in [4.69, 9.17) is 9.36 Å². The Morgan fingerprint density at radius 2 is 1.77 bits per heavy atom. The van der Waals surface area contributed by atoms with Crippen LogP contribution in [0.3, 0.4) is 0 Å². The van der Waals surface area contributed by atoms with Crippen LogP contribution in [-0.2, 0) is 0 Å². The third-order valence-electron chi connectivity index (χ3n) is 3.61. The van der Waals surface area contributed by atoms with E-state index in [9.17, 15) is 4.79 Å². The van der Waals surface area contributed by atoms with Crippen LogP contribution in [0.4, 0.5) is 16.3 Å². The maximum Gasteiger partial charge on any atom is 0.361 e. The molecule has 0 spiro atoms. The van der Waals surface area contributed by atoms with Crippen LogP contribution >= 0.6 is 0 Å². The number of pyridine rings is 1. The van der Waals surface area contributed by atoms with Gasteiger partial charge in [0.25, 0.3) is 0 Å². The smallest absolute Gasteiger partial charge is 0.361 e. The molecule has 7 heteroatoms. The summed E-state index contributed by atoms with van der Waals surface area (Å²) in [6, 6.07) is 21.2. The van der Waals surface area contributed by atoms with Crippen molar-refractivity contribution in [3.63, 3.8) is 0 Å². The van der Waals surface area contributed by atoms with Crippen LogP contribution in [0, 0.1) is 0 Å². The normalized spacial score (nSPS) is 10.5. The summed E-state index contributed by atoms with van der Waals surface area (Å²) in [7, 11) is 0. The molecule has 0 radical (unpaired) electrons. The highest BCUT2D eigenvalue weighted by Crippen LogP contribution is 2.21. The number of rotatable bonds is 4. The molecule has 0 saturated heterocycles. The third-order valence-corrected chi connectivity index (χ3v) is 3.61. The molecule has 0 fully saturated rings. The number of amides is 2. The standard InChI is InChI=1S/C19H14N4O3/c24-19(21-17-12-13-25-22-17)23(15-7-2-1-3-8-15)26-18-11-10-14-6-4-5-9-16(14)20-18/h1-13H,(H,21,22,24). The van der Waals surface area contributed by atoms with Gasteiger partial charge in [0, 0.05) is 17.5 Å². The number of aromatic nitrogens is 2. The van der Waals surface area contributed by atoms with Gasteiger partial charge < -0.3 is 9.36 Å². The van der Waals surface area contributed by atoms with Gasteiger partial charge in [0.05, 0.1) is 11.2 Å². The SMILES string of the molecule is O=C(Nc1ccon1)N(Oc1ccc2ccccc2n1)c1ccccc1. The third kappa shape index (κ3) is 3.32. The first-order valence-electron chi connectivity index (χ1n) is 7.90. The van der Waals surface area contributed by atoms with E-state index < -0.39 is 6.03 Å². The molecule has 0 unspecified atom stereocenters. The first-order valence-corrected chi connectivity index (χ1v) is 7.90. The topological polar surface area (TPSA) is 80.5 Å². The van der Waals surface area contributed by atoms with Crippen molar-refractivity contribution < 1.29 is 14.2 Å². The molecule has 2 amide bonds. The van der Waals surface area contributed by atoms with Gasteiger partial charge in [-0.25, -0.2) is 9.78 Å². The van der Waals surface area contributed by atoms with Crippen molar-refractivity contribution in [2.75, 3.05) is 10.4 Å². The number of hydrogen-bond acceptors (Lipinski definition) is 5. The van der Waals surface area contributed by atoms with Crippen LogP contribution in [0.25, 0.3) is 10.9 Å². The minimum absolute atomic E-state index is 0.283. The number of para-hydroxylation sites is 2. The Balaban J connectivity index is 1.64. The van der Waals surface area contributed by atoms with Crippen molar-refractivity contribution in [3.05, 3.63) is 79.1 Å². The molecule has 4 rings (SSSR count). The van der Waals surface area contributed by atoms with Gasteiger partial charge >= 0.3 is 6.03 Å². The zero-order valence-electron chi connectivity index (χ0n) is 13.6. The van der Waals surface area contributed by atoms with Crippen molar-refractivity contribution in [1.29, 1.82) is 0 Å². The maximum atomic E-state index is 12.7. The Kier molecular flexibility index (Phi) is 4.17. The molecule has 26 heavy (non-hydrogen) atoms. The van der Waals surface area contributed by atoms with Crippen molar-refractivity contribution >= 4 is 28.4 Å². The second-order valence-electron chi connectivity index (χ2n) is 5.38. The minimum atomic E-state index is -0.528. The maximum absolute atomic E-state index is 12.7. The predicted octanol–water partition coefficient (Wildman–Crippen LogP) is 4.26. The van der Waals surface area contributed by atoms with Crippen LogP contribution in [-0.4, -0.2) is 16.2 Å². The number of carbonyl (C=O) groups excluding carboxylic acids is 1. The van der Waals surface area contributed by atoms with E-state index in [1.165, 1.54) is 12.3 Å². The van der Waals surface area contributed by atoms with Gasteiger partial charge in [0.2, 0.25) is 5.88 Å². The molecule has 1 N–H and O–H groups in total. The number of urea groups is 1. The fourth-order valence-corrected chi connectivity index (χ4v) is 2.40. The van der Waals surface area contributed by atoms with Gasteiger partial charge in [-0.15, -0.1) is 5.06 Å². The number of fused-ring (bicyclic) bond motifs is 1. The first kappa shape index (κ1) is 15.6. The molecule has 0 saturated carbocycles. The number of carbonyl (C=O) groups is 1. The number of nitrogens with one attached hydrogen (secondary N) is 1. The van der Waals surface area contributed by atoms with Crippen molar-refractivity contribution in [1.82, 2.24) is 10.1 Å². The molecule has 128 valence electrons.